The second-order valence-electron chi connectivity index (χ2n) is 1.00. The maximum Gasteiger partial charge on any atom is 2.00 e. The largest absolute Gasteiger partial charge is 2.00 e. The van der Waals surface area contributed by atoms with Gasteiger partial charge in [0.15, 0.2) is 0 Å². The Hall–Kier alpha value is 0.943. The quantitative estimate of drug-likeness (QED) is 0.436. The zero-order chi connectivity index (χ0) is 3.54. The minimum absolute atomic E-state index is 0. The zero-order valence-electron chi connectivity index (χ0n) is 9.20. The molecule has 0 amide bonds. The SMILES string of the molecule is [C-]1=CC=CC1.[CH3-].[CH3-].[CH3-].[CH3-].[CH3-].[Cl-].[Cl-].[Zr+2]. The number of halogens is 2. The molecule has 0 aliphatic heterocycles. The van der Waals surface area contributed by atoms with Crippen LogP contribution in [0.25, 0.3) is 0 Å². The molecule has 84 valence electrons. The molecule has 0 heterocycles. The average Bonchev–Trinajstić information content (AvgIpc) is 1.76. The van der Waals surface area contributed by atoms with Gasteiger partial charge in [0, 0.05) is 0 Å². The number of hydrogen-bond donors (Lipinski definition) is 0. The van der Waals surface area contributed by atoms with Crippen LogP contribution in [0.15, 0.2) is 18.2 Å². The molecule has 0 radical (unpaired) electrons. The Morgan fingerprint density at radius 2 is 1.23 bits per heavy atom. The number of hydrogen-bond acceptors (Lipinski definition) is 0. The Labute approximate surface area is 118 Å². The zero-order valence-corrected chi connectivity index (χ0v) is 13.2. The van der Waals surface area contributed by atoms with E-state index in [1.54, 1.807) is 0 Å². The van der Waals surface area contributed by atoms with Gasteiger partial charge >= 0.3 is 26.2 Å². The Morgan fingerprint density at radius 1 is 0.846 bits per heavy atom. The van der Waals surface area contributed by atoms with Crippen LogP contribution in [-0.2, 0) is 26.2 Å². The van der Waals surface area contributed by atoms with E-state index in [1.807, 2.05) is 12.2 Å². The minimum atomic E-state index is 0. The molecule has 0 unspecified atom stereocenters. The van der Waals surface area contributed by atoms with E-state index in [2.05, 4.69) is 12.2 Å². The third-order valence-electron chi connectivity index (χ3n) is 0.586. The summed E-state index contributed by atoms with van der Waals surface area (Å²) in [5.74, 6) is 0. The fourth-order valence-electron chi connectivity index (χ4n) is 0.340. The first-order valence-corrected chi connectivity index (χ1v) is 1.72. The summed E-state index contributed by atoms with van der Waals surface area (Å²) in [6, 6.07) is 0. The maximum atomic E-state index is 2.99. The molecule has 0 atom stereocenters. The second kappa shape index (κ2) is 52.3. The average molecular weight is 302 g/mol. The molecule has 0 aromatic heterocycles. The van der Waals surface area contributed by atoms with Gasteiger partial charge in [0.2, 0.25) is 0 Å². The molecule has 13 heavy (non-hydrogen) atoms. The fourth-order valence-corrected chi connectivity index (χ4v) is 0.340. The summed E-state index contributed by atoms with van der Waals surface area (Å²) < 4.78 is 0. The van der Waals surface area contributed by atoms with Crippen molar-refractivity contribution in [1.82, 2.24) is 0 Å². The molecular weight excluding hydrogens is 282 g/mol. The van der Waals surface area contributed by atoms with Crippen LogP contribution in [0.3, 0.4) is 0 Å². The summed E-state index contributed by atoms with van der Waals surface area (Å²) in [7, 11) is 0. The van der Waals surface area contributed by atoms with Crippen molar-refractivity contribution in [3.8, 4) is 0 Å². The van der Waals surface area contributed by atoms with Crippen molar-refractivity contribution in [1.29, 1.82) is 0 Å². The van der Waals surface area contributed by atoms with Gasteiger partial charge in [-0.25, -0.2) is 12.2 Å². The molecule has 0 saturated heterocycles. The molecule has 0 nitrogen and oxygen atoms in total. The van der Waals surface area contributed by atoms with Crippen LogP contribution < -0.4 is 24.8 Å². The van der Waals surface area contributed by atoms with Gasteiger partial charge in [-0.15, -0.1) is 6.42 Å². The van der Waals surface area contributed by atoms with Gasteiger partial charge in [-0.05, 0) is 0 Å². The number of rotatable bonds is 0. The first kappa shape index (κ1) is 66.1. The van der Waals surface area contributed by atoms with Crippen LogP contribution in [0.4, 0.5) is 0 Å². The van der Waals surface area contributed by atoms with Crippen LogP contribution in [0.5, 0.6) is 0 Å². The maximum absolute atomic E-state index is 2.99. The van der Waals surface area contributed by atoms with E-state index in [0.29, 0.717) is 0 Å². The van der Waals surface area contributed by atoms with Crippen molar-refractivity contribution >= 4 is 0 Å². The first-order valence-electron chi connectivity index (χ1n) is 1.72. The normalized spacial score (nSPS) is 6.77. The molecule has 3 heteroatoms. The van der Waals surface area contributed by atoms with Crippen LogP contribution in [0, 0.1) is 43.2 Å². The topological polar surface area (TPSA) is 0 Å². The molecule has 0 fully saturated rings. The van der Waals surface area contributed by atoms with Crippen molar-refractivity contribution in [2.45, 2.75) is 6.42 Å². The molecule has 1 aliphatic carbocycles. The van der Waals surface area contributed by atoms with Crippen molar-refractivity contribution in [3.63, 3.8) is 0 Å². The number of allylic oxidation sites excluding steroid dienone is 4. The molecular formula is C10H20Cl2Zr-6. The van der Waals surface area contributed by atoms with Gasteiger partial charge in [0.05, 0.1) is 0 Å². The van der Waals surface area contributed by atoms with E-state index in [-0.39, 0.29) is 88.2 Å². The Morgan fingerprint density at radius 3 is 1.31 bits per heavy atom. The third kappa shape index (κ3) is 43.9. The Bertz CT molecular complexity index is 71.0. The predicted molar refractivity (Wildman–Crippen MR) is 53.6 cm³/mol. The molecule has 0 spiro atoms. The summed E-state index contributed by atoms with van der Waals surface area (Å²) in [5.41, 5.74) is 0. The molecule has 0 N–H and O–H groups in total. The summed E-state index contributed by atoms with van der Waals surface area (Å²) in [4.78, 5) is 0. The third-order valence-corrected chi connectivity index (χ3v) is 0.586. The molecule has 0 bridgehead atoms. The smallest absolute Gasteiger partial charge is 1.00 e. The molecule has 0 aromatic carbocycles. The van der Waals surface area contributed by atoms with Crippen LogP contribution in [0.1, 0.15) is 6.42 Å². The summed E-state index contributed by atoms with van der Waals surface area (Å²) >= 11 is 0. The minimum Gasteiger partial charge on any atom is -1.00 e. The van der Waals surface area contributed by atoms with E-state index in [9.17, 15) is 0 Å². The molecule has 0 saturated carbocycles. The Balaban J connectivity index is -0.00000000521. The summed E-state index contributed by atoms with van der Waals surface area (Å²) in [6.45, 7) is 0. The van der Waals surface area contributed by atoms with E-state index < -0.39 is 0 Å². The molecule has 0 aromatic rings. The predicted octanol–water partition coefficient (Wildman–Crippen LogP) is -2.44. The summed E-state index contributed by atoms with van der Waals surface area (Å²) in [6.07, 6.45) is 10.0. The summed E-state index contributed by atoms with van der Waals surface area (Å²) in [5, 5.41) is 0. The Kier molecular flexibility index (Phi) is 266. The standard InChI is InChI=1S/C5H5.5CH3.2ClH.Zr/c1-2-4-5-3-1;;;;;;;;/h1-3H,4H2;5*1H3;2*1H;/q6*-1;;;+2/p-2. The van der Waals surface area contributed by atoms with Crippen LogP contribution in [-0.4, -0.2) is 0 Å². The first-order chi connectivity index (χ1) is 2.50. The van der Waals surface area contributed by atoms with Crippen molar-refractivity contribution in [3.05, 3.63) is 61.4 Å². The van der Waals surface area contributed by atoms with Gasteiger partial charge in [-0.2, -0.15) is 6.08 Å². The van der Waals surface area contributed by atoms with Crippen LogP contribution in [0.2, 0.25) is 0 Å². The van der Waals surface area contributed by atoms with Gasteiger partial charge in [-0.3, -0.25) is 6.08 Å². The molecule has 1 aliphatic rings. The van der Waals surface area contributed by atoms with Gasteiger partial charge in [-0.1, -0.05) is 0 Å². The van der Waals surface area contributed by atoms with Gasteiger partial charge in [0.25, 0.3) is 0 Å². The monoisotopic (exact) mass is 300 g/mol. The van der Waals surface area contributed by atoms with E-state index in [4.69, 9.17) is 0 Å². The van der Waals surface area contributed by atoms with E-state index in [0.717, 1.165) is 6.42 Å². The molecule has 1 rings (SSSR count). The van der Waals surface area contributed by atoms with Crippen molar-refractivity contribution < 1.29 is 51.0 Å². The fraction of sp³-hybridized carbons (Fsp3) is 0.100. The van der Waals surface area contributed by atoms with Crippen LogP contribution >= 0.6 is 0 Å². The van der Waals surface area contributed by atoms with Crippen molar-refractivity contribution in [2.24, 2.45) is 0 Å². The van der Waals surface area contributed by atoms with Gasteiger partial charge in [0.1, 0.15) is 0 Å². The second-order valence-corrected chi connectivity index (χ2v) is 1.00. The van der Waals surface area contributed by atoms with Gasteiger partial charge < -0.3 is 61.9 Å². The van der Waals surface area contributed by atoms with E-state index >= 15 is 0 Å². The van der Waals surface area contributed by atoms with E-state index in [1.165, 1.54) is 0 Å². The van der Waals surface area contributed by atoms with Crippen molar-refractivity contribution in [2.75, 3.05) is 0 Å².